The molecule has 5 aromatic rings. The summed E-state index contributed by atoms with van der Waals surface area (Å²) in [6.07, 6.45) is 3.44. The first kappa shape index (κ1) is 21.3. The second-order valence-corrected chi connectivity index (χ2v) is 7.84. The Morgan fingerprint density at radius 2 is 1.94 bits per heavy atom. The Hall–Kier alpha value is -4.60. The van der Waals surface area contributed by atoms with Gasteiger partial charge in [-0.25, -0.2) is 19.5 Å². The van der Waals surface area contributed by atoms with Crippen LogP contribution in [0.1, 0.15) is 41.6 Å². The van der Waals surface area contributed by atoms with Gasteiger partial charge in [-0.2, -0.15) is 0 Å². The smallest absolute Gasteiger partial charge is 0.266 e. The second kappa shape index (κ2) is 8.39. The largest absolute Gasteiger partial charge is 0.381 e. The van der Waals surface area contributed by atoms with Crippen molar-refractivity contribution in [2.75, 3.05) is 5.73 Å². The van der Waals surface area contributed by atoms with Crippen LogP contribution >= 0.6 is 0 Å². The molecule has 0 saturated heterocycles. The lowest BCUT2D eigenvalue weighted by Gasteiger charge is -2.20. The van der Waals surface area contributed by atoms with Gasteiger partial charge < -0.3 is 11.1 Å². The predicted octanol–water partition coefficient (Wildman–Crippen LogP) is 2.46. The number of nitrogens with one attached hydrogen (secondary N) is 1. The zero-order valence-corrected chi connectivity index (χ0v) is 18.6. The fourth-order valence-electron chi connectivity index (χ4n) is 4.11. The number of aromatic nitrogens is 6. The van der Waals surface area contributed by atoms with Crippen molar-refractivity contribution in [1.29, 1.82) is 0 Å². The third-order valence-electron chi connectivity index (χ3n) is 5.70. The van der Waals surface area contributed by atoms with E-state index in [-0.39, 0.29) is 22.6 Å². The van der Waals surface area contributed by atoms with Crippen LogP contribution in [-0.2, 0) is 6.42 Å². The number of benzene rings is 2. The Morgan fingerprint density at radius 1 is 1.15 bits per heavy atom. The number of aryl methyl sites for hydroxylation is 1. The molecule has 5 rings (SSSR count). The van der Waals surface area contributed by atoms with Crippen LogP contribution in [0.2, 0.25) is 0 Å². The summed E-state index contributed by atoms with van der Waals surface area (Å²) in [5.41, 5.74) is 8.38. The van der Waals surface area contributed by atoms with E-state index in [0.29, 0.717) is 28.8 Å². The van der Waals surface area contributed by atoms with Crippen molar-refractivity contribution in [1.82, 2.24) is 34.4 Å². The Morgan fingerprint density at radius 3 is 2.71 bits per heavy atom. The summed E-state index contributed by atoms with van der Waals surface area (Å²) in [4.78, 5) is 39.8. The number of amides is 1. The van der Waals surface area contributed by atoms with Crippen LogP contribution in [0.25, 0.3) is 22.2 Å². The lowest BCUT2D eigenvalue weighted by Crippen LogP contribution is -2.33. The number of nitrogens with zero attached hydrogens (tertiary/aromatic N) is 6. The molecular weight excluding hydrogens is 432 g/mol. The molecule has 3 N–H and O–H groups in total. The van der Waals surface area contributed by atoms with E-state index < -0.39 is 11.9 Å². The molecule has 0 aliphatic rings. The fourth-order valence-corrected chi connectivity index (χ4v) is 4.11. The van der Waals surface area contributed by atoms with Gasteiger partial charge in [0.15, 0.2) is 11.5 Å². The van der Waals surface area contributed by atoms with Crippen molar-refractivity contribution >= 4 is 28.3 Å². The van der Waals surface area contributed by atoms with Gasteiger partial charge in [-0.1, -0.05) is 37.3 Å². The molecule has 3 aromatic heterocycles. The van der Waals surface area contributed by atoms with E-state index in [1.165, 1.54) is 17.2 Å². The summed E-state index contributed by atoms with van der Waals surface area (Å²) in [5, 5.41) is 7.57. The Labute approximate surface area is 194 Å². The van der Waals surface area contributed by atoms with Crippen molar-refractivity contribution in [2.45, 2.75) is 26.3 Å². The van der Waals surface area contributed by atoms with Crippen molar-refractivity contribution in [3.05, 3.63) is 88.5 Å². The van der Waals surface area contributed by atoms with Gasteiger partial charge >= 0.3 is 0 Å². The van der Waals surface area contributed by atoms with Crippen molar-refractivity contribution < 1.29 is 4.79 Å². The van der Waals surface area contributed by atoms with E-state index >= 15 is 0 Å². The number of para-hydroxylation sites is 1. The molecule has 170 valence electrons. The maximum atomic E-state index is 13.7. The van der Waals surface area contributed by atoms with Gasteiger partial charge in [-0.15, -0.1) is 5.10 Å². The molecule has 0 unspecified atom stereocenters. The maximum absolute atomic E-state index is 13.7. The molecule has 1 atom stereocenters. The number of anilines is 1. The fraction of sp³-hybridized carbons (Fsp3) is 0.167. The van der Waals surface area contributed by atoms with Crippen LogP contribution in [0.5, 0.6) is 0 Å². The molecule has 0 radical (unpaired) electrons. The molecule has 10 heteroatoms. The Bertz CT molecular complexity index is 1590. The van der Waals surface area contributed by atoms with E-state index in [0.717, 1.165) is 5.56 Å². The van der Waals surface area contributed by atoms with Gasteiger partial charge in [0.05, 0.1) is 22.6 Å². The quantitative estimate of drug-likeness (QED) is 0.417. The highest BCUT2D eigenvalue weighted by Gasteiger charge is 2.24. The normalized spacial score (nSPS) is 12.2. The number of hydrogen-bond donors (Lipinski definition) is 2. The average molecular weight is 454 g/mol. The van der Waals surface area contributed by atoms with Crippen LogP contribution in [0.3, 0.4) is 0 Å². The third-order valence-corrected chi connectivity index (χ3v) is 5.70. The molecule has 34 heavy (non-hydrogen) atoms. The van der Waals surface area contributed by atoms with Gasteiger partial charge in [0.1, 0.15) is 24.0 Å². The minimum Gasteiger partial charge on any atom is -0.381 e. The summed E-state index contributed by atoms with van der Waals surface area (Å²) in [6, 6.07) is 14.2. The van der Waals surface area contributed by atoms with Crippen LogP contribution in [-0.4, -0.2) is 35.0 Å². The highest BCUT2D eigenvalue weighted by molar-refractivity contribution is 6.04. The minimum absolute atomic E-state index is 0.0321. The van der Waals surface area contributed by atoms with Gasteiger partial charge in [0.2, 0.25) is 0 Å². The first-order valence-corrected chi connectivity index (χ1v) is 10.8. The number of fused-ring (bicyclic) bond motifs is 2. The standard InChI is InChI=1S/C24H22N8O2/c1-3-15-8-7-11-17-18(15)24(34)32(16-9-5-4-6-10-16)21(29-17)14(2)28-23(33)19-20(25)30-31-13-26-12-27-22(19)31/h4-14H,3H2,1-2H3,(H2,25,30)(H,28,33)/t14-/m0/s1. The molecule has 2 aromatic carbocycles. The predicted molar refractivity (Wildman–Crippen MR) is 128 cm³/mol. The molecule has 10 nitrogen and oxygen atoms in total. The minimum atomic E-state index is -0.633. The number of rotatable bonds is 5. The van der Waals surface area contributed by atoms with Gasteiger partial charge in [0, 0.05) is 0 Å². The van der Waals surface area contributed by atoms with E-state index in [9.17, 15) is 9.59 Å². The highest BCUT2D eigenvalue weighted by Crippen LogP contribution is 2.22. The first-order chi connectivity index (χ1) is 16.5. The lowest BCUT2D eigenvalue weighted by atomic mass is 10.1. The molecule has 0 spiro atoms. The summed E-state index contributed by atoms with van der Waals surface area (Å²) in [7, 11) is 0. The van der Waals surface area contributed by atoms with Gasteiger partial charge in [-0.3, -0.25) is 14.2 Å². The number of hydrogen-bond acceptors (Lipinski definition) is 7. The highest BCUT2D eigenvalue weighted by atomic mass is 16.2. The number of carbonyl (C=O) groups excluding carboxylic acids is 1. The molecule has 0 aliphatic carbocycles. The first-order valence-electron chi connectivity index (χ1n) is 10.8. The van der Waals surface area contributed by atoms with Crippen molar-refractivity contribution in [3.8, 4) is 5.69 Å². The molecule has 0 aliphatic heterocycles. The van der Waals surface area contributed by atoms with Crippen LogP contribution < -0.4 is 16.6 Å². The molecule has 0 bridgehead atoms. The zero-order chi connectivity index (χ0) is 23.8. The van der Waals surface area contributed by atoms with Gasteiger partial charge in [0.25, 0.3) is 11.5 Å². The summed E-state index contributed by atoms with van der Waals surface area (Å²) in [5.74, 6) is -0.0466. The molecule has 0 fully saturated rings. The molecular formula is C24H22N8O2. The topological polar surface area (TPSA) is 133 Å². The van der Waals surface area contributed by atoms with Gasteiger partial charge in [-0.05, 0) is 37.1 Å². The number of nitrogen functional groups attached to an aromatic ring is 1. The summed E-state index contributed by atoms with van der Waals surface area (Å²) < 4.78 is 2.89. The molecule has 3 heterocycles. The van der Waals surface area contributed by atoms with E-state index in [2.05, 4.69) is 20.4 Å². The zero-order valence-electron chi connectivity index (χ0n) is 18.6. The monoisotopic (exact) mass is 454 g/mol. The van der Waals surface area contributed by atoms with E-state index in [1.54, 1.807) is 11.5 Å². The maximum Gasteiger partial charge on any atom is 0.266 e. The number of nitrogens with two attached hydrogens (primary N) is 1. The van der Waals surface area contributed by atoms with Crippen LogP contribution in [0.4, 0.5) is 5.82 Å². The summed E-state index contributed by atoms with van der Waals surface area (Å²) in [6.45, 7) is 3.77. The average Bonchev–Trinajstić information content (AvgIpc) is 3.19. The van der Waals surface area contributed by atoms with E-state index in [1.807, 2.05) is 55.5 Å². The van der Waals surface area contributed by atoms with E-state index in [4.69, 9.17) is 10.7 Å². The number of carbonyl (C=O) groups is 1. The SMILES string of the molecule is CCc1cccc2nc([C@H](C)NC(=O)c3c(N)nn4cncnc34)n(-c3ccccc3)c(=O)c12. The second-order valence-electron chi connectivity index (χ2n) is 7.84. The van der Waals surface area contributed by atoms with Crippen LogP contribution in [0.15, 0.2) is 66.0 Å². The lowest BCUT2D eigenvalue weighted by molar-refractivity contribution is 0.0940. The molecule has 1 amide bonds. The third kappa shape index (κ3) is 3.45. The Kier molecular flexibility index (Phi) is 5.25. The summed E-state index contributed by atoms with van der Waals surface area (Å²) >= 11 is 0. The van der Waals surface area contributed by atoms with Crippen molar-refractivity contribution in [2.24, 2.45) is 0 Å². The van der Waals surface area contributed by atoms with Crippen molar-refractivity contribution in [3.63, 3.8) is 0 Å². The molecule has 0 saturated carbocycles. The Balaban J connectivity index is 1.64. The van der Waals surface area contributed by atoms with Crippen LogP contribution in [0, 0.1) is 0 Å².